The van der Waals surface area contributed by atoms with Gasteiger partial charge in [0.25, 0.3) is 10.1 Å². The molecule has 0 unspecified atom stereocenters. The van der Waals surface area contributed by atoms with Crippen LogP contribution in [0.2, 0.25) is 0 Å². The summed E-state index contributed by atoms with van der Waals surface area (Å²) < 4.78 is 59.5. The van der Waals surface area contributed by atoms with Crippen molar-refractivity contribution in [1.29, 1.82) is 0 Å². The van der Waals surface area contributed by atoms with E-state index < -0.39 is 20.2 Å². The Balaban J connectivity index is 0.000000186. The summed E-state index contributed by atoms with van der Waals surface area (Å²) in [7, 11) is -8.33. The van der Waals surface area contributed by atoms with E-state index in [1.807, 2.05) is 6.92 Å². The molecule has 0 saturated carbocycles. The first-order chi connectivity index (χ1) is 19.1. The molecule has 40 heavy (non-hydrogen) atoms. The van der Waals surface area contributed by atoms with Gasteiger partial charge in [0, 0.05) is 0 Å². The minimum absolute atomic E-state index is 0.00745. The lowest BCUT2D eigenvalue weighted by Crippen LogP contribution is -2.09. The van der Waals surface area contributed by atoms with E-state index in [9.17, 15) is 16.8 Å². The molecular weight excluding hydrogens is 565 g/mol. The van der Waals surface area contributed by atoms with Crippen molar-refractivity contribution in [2.45, 2.75) is 31.4 Å². The van der Waals surface area contributed by atoms with Gasteiger partial charge in [0.05, 0.1) is 15.8 Å². The Hall–Kier alpha value is -3.89. The minimum Gasteiger partial charge on any atom is -0.379 e. The minimum atomic E-state index is -4.33. The number of hydrogen-bond acceptors (Lipinski definition) is 5. The molecule has 6 nitrogen and oxygen atoms in total. The number of hydrogen-bond donors (Lipinski definition) is 1. The largest absolute Gasteiger partial charge is 0.379 e. The normalized spacial score (nSPS) is 11.4. The molecule has 1 N–H and O–H groups in total. The van der Waals surface area contributed by atoms with Gasteiger partial charge in [-0.05, 0) is 79.7 Å². The highest BCUT2D eigenvalue weighted by atomic mass is 32.2. The first-order valence-corrected chi connectivity index (χ1v) is 16.2. The summed E-state index contributed by atoms with van der Waals surface area (Å²) in [6, 6.07) is 42.7. The van der Waals surface area contributed by atoms with Crippen LogP contribution in [0.25, 0.3) is 0 Å². The SMILES string of the molecule is Cc1ccc(S(=O)(=O)Oc2ccc(S(=O)(=O)O)cc2)cc1.c1ccc([S+](c2ccccc2)c2ccccc2)cc1. The van der Waals surface area contributed by atoms with Gasteiger partial charge in [0.2, 0.25) is 0 Å². The van der Waals surface area contributed by atoms with Crippen LogP contribution in [0.3, 0.4) is 0 Å². The molecule has 0 aromatic heterocycles. The average Bonchev–Trinajstić information content (AvgIpc) is 2.95. The standard InChI is InChI=1S/C18H15S.C13H12O6S2/c1-4-10-16(11-5-1)19(17-12-6-2-7-13-17)18-14-8-3-9-15-18;1-10-2-6-13(7-3-10)21(17,18)19-11-4-8-12(9-5-11)20(14,15)16/h1-15H;2-9H,1H3,(H,14,15,16)/q+1;. The molecule has 204 valence electrons. The molecule has 0 heterocycles. The quantitative estimate of drug-likeness (QED) is 0.127. The van der Waals surface area contributed by atoms with Crippen molar-refractivity contribution < 1.29 is 25.6 Å². The fourth-order valence-electron chi connectivity index (χ4n) is 3.62. The molecule has 0 radical (unpaired) electrons. The van der Waals surface area contributed by atoms with Gasteiger partial charge in [-0.3, -0.25) is 4.55 Å². The summed E-state index contributed by atoms with van der Waals surface area (Å²) in [4.78, 5) is 3.73. The fourth-order valence-corrected chi connectivity index (χ4v) is 7.14. The van der Waals surface area contributed by atoms with Crippen LogP contribution < -0.4 is 4.18 Å². The third-order valence-corrected chi connectivity index (χ3v) is 9.93. The molecule has 0 atom stereocenters. The monoisotopic (exact) mass is 591 g/mol. The van der Waals surface area contributed by atoms with Gasteiger partial charge < -0.3 is 4.18 Å². The van der Waals surface area contributed by atoms with Crippen molar-refractivity contribution in [3.63, 3.8) is 0 Å². The zero-order valence-electron chi connectivity index (χ0n) is 21.5. The van der Waals surface area contributed by atoms with Crippen LogP contribution >= 0.6 is 0 Å². The first-order valence-electron chi connectivity index (χ1n) is 12.1. The Bertz CT molecular complexity index is 1630. The van der Waals surface area contributed by atoms with Crippen LogP contribution in [0.4, 0.5) is 0 Å². The lowest BCUT2D eigenvalue weighted by atomic mass is 10.2. The van der Waals surface area contributed by atoms with Crippen LogP contribution in [0, 0.1) is 6.92 Å². The van der Waals surface area contributed by atoms with Crippen molar-refractivity contribution in [1.82, 2.24) is 0 Å². The molecular formula is C31H27O6S3+. The van der Waals surface area contributed by atoms with Gasteiger partial charge in [-0.2, -0.15) is 16.8 Å². The van der Waals surface area contributed by atoms with E-state index in [4.69, 9.17) is 8.74 Å². The van der Waals surface area contributed by atoms with Gasteiger partial charge in [0.15, 0.2) is 14.7 Å². The predicted octanol–water partition coefficient (Wildman–Crippen LogP) is 6.79. The highest BCUT2D eigenvalue weighted by Gasteiger charge is 2.27. The fraction of sp³-hybridized carbons (Fsp3) is 0.0323. The van der Waals surface area contributed by atoms with Crippen molar-refractivity contribution in [3.8, 4) is 5.75 Å². The van der Waals surface area contributed by atoms with E-state index in [0.29, 0.717) is 0 Å². The van der Waals surface area contributed by atoms with E-state index in [1.54, 1.807) is 12.1 Å². The molecule has 5 rings (SSSR count). The Labute approximate surface area is 238 Å². The van der Waals surface area contributed by atoms with Crippen LogP contribution in [-0.2, 0) is 31.1 Å². The molecule has 0 aliphatic carbocycles. The highest BCUT2D eigenvalue weighted by Crippen LogP contribution is 2.30. The van der Waals surface area contributed by atoms with E-state index in [-0.39, 0.29) is 26.4 Å². The van der Waals surface area contributed by atoms with Crippen molar-refractivity contribution in [3.05, 3.63) is 145 Å². The summed E-state index contributed by atoms with van der Waals surface area (Å²) in [5.74, 6) is -0.0528. The topological polar surface area (TPSA) is 97.7 Å². The summed E-state index contributed by atoms with van der Waals surface area (Å²) in [5, 5.41) is 0. The van der Waals surface area contributed by atoms with Gasteiger partial charge in [-0.1, -0.05) is 72.3 Å². The van der Waals surface area contributed by atoms with Crippen LogP contribution in [0.1, 0.15) is 5.56 Å². The smallest absolute Gasteiger partial charge is 0.339 e. The van der Waals surface area contributed by atoms with Crippen molar-refractivity contribution in [2.75, 3.05) is 0 Å². The first kappa shape index (κ1) is 29.1. The lowest BCUT2D eigenvalue weighted by molar-refractivity contribution is 0.482. The summed E-state index contributed by atoms with van der Waals surface area (Å²) in [6.07, 6.45) is 0. The van der Waals surface area contributed by atoms with Gasteiger partial charge in [0.1, 0.15) is 10.6 Å². The molecule has 0 saturated heterocycles. The lowest BCUT2D eigenvalue weighted by Gasteiger charge is -2.07. The van der Waals surface area contributed by atoms with E-state index in [1.165, 1.54) is 26.8 Å². The second-order valence-corrected chi connectivity index (χ2v) is 13.5. The molecule has 0 bridgehead atoms. The molecule has 0 aliphatic rings. The van der Waals surface area contributed by atoms with Crippen LogP contribution in [0.5, 0.6) is 5.75 Å². The maximum atomic E-state index is 12.0. The molecule has 5 aromatic rings. The van der Waals surface area contributed by atoms with Crippen molar-refractivity contribution in [2.24, 2.45) is 0 Å². The molecule has 0 aliphatic heterocycles. The van der Waals surface area contributed by atoms with E-state index in [2.05, 4.69) is 91.0 Å². The average molecular weight is 592 g/mol. The summed E-state index contributed by atoms with van der Waals surface area (Å²) >= 11 is 0. The van der Waals surface area contributed by atoms with E-state index >= 15 is 0 Å². The van der Waals surface area contributed by atoms with Gasteiger partial charge in [-0.15, -0.1) is 0 Å². The zero-order chi connectivity index (χ0) is 28.6. The number of benzene rings is 5. The predicted molar refractivity (Wildman–Crippen MR) is 157 cm³/mol. The molecule has 9 heteroatoms. The molecule has 0 fully saturated rings. The molecule has 0 spiro atoms. The second-order valence-electron chi connectivity index (χ2n) is 8.54. The van der Waals surface area contributed by atoms with E-state index in [0.717, 1.165) is 29.8 Å². The maximum absolute atomic E-state index is 12.0. The van der Waals surface area contributed by atoms with Gasteiger partial charge in [-0.25, -0.2) is 0 Å². The zero-order valence-corrected chi connectivity index (χ0v) is 23.9. The Morgan fingerprint density at radius 3 is 1.27 bits per heavy atom. The van der Waals surface area contributed by atoms with Crippen LogP contribution in [0.15, 0.2) is 164 Å². The summed E-state index contributed by atoms with van der Waals surface area (Å²) in [6.45, 7) is 1.82. The van der Waals surface area contributed by atoms with Crippen molar-refractivity contribution >= 4 is 31.1 Å². The Morgan fingerprint density at radius 2 is 0.900 bits per heavy atom. The number of aryl methyl sites for hydroxylation is 1. The van der Waals surface area contributed by atoms with Crippen LogP contribution in [-0.4, -0.2) is 21.4 Å². The molecule has 0 amide bonds. The second kappa shape index (κ2) is 13.0. The highest BCUT2D eigenvalue weighted by molar-refractivity contribution is 7.97. The van der Waals surface area contributed by atoms with Gasteiger partial charge >= 0.3 is 10.1 Å². The summed E-state index contributed by atoms with van der Waals surface area (Å²) in [5.41, 5.74) is 0.909. The Morgan fingerprint density at radius 1 is 0.525 bits per heavy atom. The third kappa shape index (κ3) is 7.83. The molecule has 5 aromatic carbocycles. The number of rotatable bonds is 7. The Kier molecular flexibility index (Phi) is 9.44. The maximum Gasteiger partial charge on any atom is 0.339 e. The third-order valence-electron chi connectivity index (χ3n) is 5.57.